The maximum atomic E-state index is 12.4. The molecular weight excluding hydrogens is 854 g/mol. The van der Waals surface area contributed by atoms with E-state index in [1.807, 2.05) is 0 Å². The second kappa shape index (κ2) is 18.2. The van der Waals surface area contributed by atoms with Crippen LogP contribution in [0.25, 0.3) is 21.5 Å². The summed E-state index contributed by atoms with van der Waals surface area (Å²) in [6.45, 7) is 0. The van der Waals surface area contributed by atoms with E-state index >= 15 is 0 Å². The number of benzene rings is 4. The number of aromatic nitrogens is 3. The molecule has 0 atom stereocenters. The molecular formula is C23H16ClN7Na4O14S4. The molecule has 5 rings (SSSR count). The van der Waals surface area contributed by atoms with Gasteiger partial charge in [0.15, 0.2) is 11.5 Å². The Morgan fingerprint density at radius 3 is 1.77 bits per heavy atom. The van der Waals surface area contributed by atoms with Crippen molar-refractivity contribution in [2.24, 2.45) is 10.2 Å². The molecule has 1 aromatic heterocycles. The fraction of sp³-hybridized carbons (Fsp3) is 0. The van der Waals surface area contributed by atoms with E-state index < -0.39 is 127 Å². The summed E-state index contributed by atoms with van der Waals surface area (Å²) in [5, 5.41) is 28.8. The molecule has 0 bridgehead atoms. The molecule has 30 heteroatoms. The van der Waals surface area contributed by atoms with Gasteiger partial charge < -0.3 is 21.3 Å². The van der Waals surface area contributed by atoms with E-state index in [0.717, 1.165) is 24.3 Å². The van der Waals surface area contributed by atoms with Crippen molar-refractivity contribution in [3.63, 3.8) is 0 Å². The Labute approximate surface area is 392 Å². The summed E-state index contributed by atoms with van der Waals surface area (Å²) in [4.78, 5) is 6.75. The van der Waals surface area contributed by atoms with Gasteiger partial charge >= 0.3 is 0 Å². The molecule has 0 aliphatic rings. The molecule has 1 heterocycles. The van der Waals surface area contributed by atoms with Gasteiger partial charge in [-0.1, -0.05) is 12.1 Å². The molecule has 4 radical (unpaired) electrons. The topological polar surface area (TPSA) is 359 Å². The van der Waals surface area contributed by atoms with Crippen LogP contribution in [-0.4, -0.2) is 195 Å². The monoisotopic (exact) mass is 869 g/mol. The average Bonchev–Trinajstić information content (AvgIpc) is 2.94. The molecule has 0 saturated carbocycles. The molecule has 0 unspecified atom stereocenters. The van der Waals surface area contributed by atoms with E-state index in [2.05, 4.69) is 30.5 Å². The van der Waals surface area contributed by atoms with Crippen LogP contribution < -0.4 is 11.1 Å². The third-order valence-corrected chi connectivity index (χ3v) is 10.1. The fourth-order valence-corrected chi connectivity index (χ4v) is 7.32. The minimum Gasteiger partial charge on any atom is -0.505 e. The van der Waals surface area contributed by atoms with Crippen LogP contribution in [0.3, 0.4) is 0 Å². The number of nitrogens with two attached hydrogens (primary N) is 1. The van der Waals surface area contributed by atoms with E-state index in [0.29, 0.717) is 18.2 Å². The summed E-state index contributed by atoms with van der Waals surface area (Å²) in [5.41, 5.74) is 2.94. The van der Waals surface area contributed by atoms with E-state index in [1.54, 1.807) is 0 Å². The van der Waals surface area contributed by atoms with Crippen molar-refractivity contribution in [1.82, 2.24) is 15.0 Å². The van der Waals surface area contributed by atoms with Gasteiger partial charge in [0.05, 0.1) is 10.6 Å². The molecule has 0 aliphatic heterocycles. The Morgan fingerprint density at radius 2 is 1.25 bits per heavy atom. The first-order valence-corrected chi connectivity index (χ1v) is 18.5. The molecule has 53 heavy (non-hydrogen) atoms. The zero-order valence-corrected chi connectivity index (χ0v) is 39.3. The summed E-state index contributed by atoms with van der Waals surface area (Å²) in [7, 11) is -20.8. The molecule has 5 aromatic rings. The number of nitrogens with zero attached hydrogens (tertiary/aromatic N) is 5. The second-order valence-electron chi connectivity index (χ2n) is 9.57. The number of anilines is 3. The quantitative estimate of drug-likeness (QED) is 0.0621. The number of nitrogens with one attached hydrogen (secondary N) is 1. The molecule has 0 aliphatic carbocycles. The second-order valence-corrected chi connectivity index (χ2v) is 15.5. The summed E-state index contributed by atoms with van der Waals surface area (Å²) < 4.78 is 137. The Bertz CT molecular complexity index is 2750. The van der Waals surface area contributed by atoms with Gasteiger partial charge in [-0.25, -0.2) is 0 Å². The van der Waals surface area contributed by atoms with Crippen LogP contribution >= 0.6 is 11.6 Å². The van der Waals surface area contributed by atoms with Crippen LogP contribution in [-0.2, 0) is 40.5 Å². The number of halogens is 1. The molecule has 0 amide bonds. The third-order valence-electron chi connectivity index (χ3n) is 6.42. The summed E-state index contributed by atoms with van der Waals surface area (Å²) in [6.07, 6.45) is 0. The van der Waals surface area contributed by atoms with Crippen molar-refractivity contribution < 1.29 is 62.1 Å². The maximum absolute atomic E-state index is 12.4. The third kappa shape index (κ3) is 11.0. The van der Waals surface area contributed by atoms with Gasteiger partial charge in [0.1, 0.15) is 26.1 Å². The van der Waals surface area contributed by atoms with Crippen LogP contribution in [0.5, 0.6) is 11.5 Å². The Hall–Kier alpha value is -0.860. The summed E-state index contributed by atoms with van der Waals surface area (Å²) >= 11 is 5.78. The predicted molar refractivity (Wildman–Crippen MR) is 190 cm³/mol. The van der Waals surface area contributed by atoms with Crippen LogP contribution in [0.4, 0.5) is 29.0 Å². The first-order chi connectivity index (χ1) is 22.5. The largest absolute Gasteiger partial charge is 0.505 e. The van der Waals surface area contributed by atoms with Gasteiger partial charge in [0.2, 0.25) is 17.2 Å². The van der Waals surface area contributed by atoms with Crippen molar-refractivity contribution in [3.8, 4) is 11.5 Å². The van der Waals surface area contributed by atoms with Crippen molar-refractivity contribution in [2.75, 3.05) is 11.1 Å². The summed E-state index contributed by atoms with van der Waals surface area (Å²) in [6, 6.07) is 5.17. The van der Waals surface area contributed by atoms with Gasteiger partial charge in [0, 0.05) is 134 Å². The average molecular weight is 870 g/mol. The zero-order valence-electron chi connectivity index (χ0n) is 27.3. The van der Waals surface area contributed by atoms with Crippen LogP contribution in [0.2, 0.25) is 5.28 Å². The molecule has 21 nitrogen and oxygen atoms in total. The van der Waals surface area contributed by atoms with E-state index in [4.69, 9.17) is 17.3 Å². The molecule has 262 valence electrons. The number of nitrogen functional groups attached to an aromatic ring is 1. The maximum Gasteiger partial charge on any atom is 0.296 e. The van der Waals surface area contributed by atoms with E-state index in [-0.39, 0.29) is 118 Å². The Kier molecular flexibility index (Phi) is 17.2. The van der Waals surface area contributed by atoms with Gasteiger partial charge in [-0.05, 0) is 47.3 Å². The van der Waals surface area contributed by atoms with Gasteiger partial charge in [0.25, 0.3) is 40.5 Å². The molecule has 0 fully saturated rings. The van der Waals surface area contributed by atoms with Crippen LogP contribution in [0.15, 0.2) is 72.3 Å². The Morgan fingerprint density at radius 1 is 0.660 bits per heavy atom. The normalized spacial score (nSPS) is 12.0. The number of phenols is 2. The number of aromatic hydroxyl groups is 2. The van der Waals surface area contributed by atoms with Crippen LogP contribution in [0.1, 0.15) is 0 Å². The van der Waals surface area contributed by atoms with Crippen molar-refractivity contribution in [3.05, 3.63) is 47.7 Å². The number of azo groups is 1. The summed E-state index contributed by atoms with van der Waals surface area (Å²) in [5.74, 6) is -3.25. The first-order valence-electron chi connectivity index (χ1n) is 12.3. The minimum atomic E-state index is -5.41. The smallest absolute Gasteiger partial charge is 0.296 e. The van der Waals surface area contributed by atoms with Gasteiger partial charge in [-0.3, -0.25) is 18.2 Å². The first kappa shape index (κ1) is 50.2. The standard InChI is InChI=1S/C23H16ClN7O14S4.4Na/c24-21-27-22(25)29-23(28-21)26-11-6-9(46(34,35)36)4-8-5-15(49(43,44)45)18(20(33)16(8)11)31-30-12-7-14(48(40,41)42)10-2-1-3-13(47(37,38)39)17(10)19(12)32;;;;/h1-7,32-33H,(H,34,35,36)(H,37,38,39)(H,40,41,42)(H,43,44,45)(H3,25,26,27,28,29);;;;. The SMILES string of the molecule is Nc1nc(Cl)nc(Nc2cc(S(=O)(=O)O)cc3cc(S(=O)(=O)O)c(N=Nc4cc(S(=O)(=O)O)c5cccc(S(=O)(=O)O)c5c4O)c(O)c23)n1.[Na].[Na].[Na].[Na]. The molecule has 0 spiro atoms. The zero-order chi connectivity index (χ0) is 36.4. The van der Waals surface area contributed by atoms with Crippen molar-refractivity contribution in [2.45, 2.75) is 19.6 Å². The van der Waals surface area contributed by atoms with Crippen LogP contribution in [0, 0.1) is 0 Å². The Balaban J connectivity index is 0.00000351. The van der Waals surface area contributed by atoms with Crippen molar-refractivity contribution >= 4 is 221 Å². The number of phenolic OH excluding ortho intramolecular Hbond substituents is 2. The van der Waals surface area contributed by atoms with E-state index in [9.17, 15) is 62.1 Å². The minimum absolute atomic E-state index is 0. The fourth-order valence-electron chi connectivity index (χ4n) is 4.53. The molecule has 4 aromatic carbocycles. The van der Waals surface area contributed by atoms with Gasteiger partial charge in [-0.2, -0.15) is 48.6 Å². The number of fused-ring (bicyclic) bond motifs is 2. The number of hydrogen-bond acceptors (Lipinski definition) is 17. The molecule has 0 saturated heterocycles. The predicted octanol–water partition coefficient (Wildman–Crippen LogP) is 1.45. The van der Waals surface area contributed by atoms with Gasteiger partial charge in [-0.15, -0.1) is 10.2 Å². The molecule has 9 N–H and O–H groups in total. The van der Waals surface area contributed by atoms with Crippen molar-refractivity contribution in [1.29, 1.82) is 0 Å². The number of hydrogen-bond donors (Lipinski definition) is 8. The number of rotatable bonds is 8. The van der Waals surface area contributed by atoms with E-state index in [1.165, 1.54) is 0 Å².